The first-order valence-electron chi connectivity index (χ1n) is 9.00. The summed E-state index contributed by atoms with van der Waals surface area (Å²) >= 11 is 5.97. The summed E-state index contributed by atoms with van der Waals surface area (Å²) in [6, 6.07) is 10.3. The van der Waals surface area contributed by atoms with Crippen LogP contribution in [0.25, 0.3) is 11.1 Å². The fraction of sp³-hybridized carbons (Fsp3) is 0.300. The number of hydrogen-bond donors (Lipinski definition) is 1. The van der Waals surface area contributed by atoms with Crippen LogP contribution in [-0.4, -0.2) is 49.0 Å². The number of carbonyl (C=O) groups is 1. The first kappa shape index (κ1) is 18.6. The number of aromatic nitrogens is 1. The van der Waals surface area contributed by atoms with Crippen molar-refractivity contribution in [2.45, 2.75) is 12.5 Å². The third kappa shape index (κ3) is 3.49. The van der Waals surface area contributed by atoms with E-state index in [1.54, 1.807) is 54.2 Å². The second-order valence-corrected chi connectivity index (χ2v) is 7.48. The molecule has 1 N–H and O–H groups in total. The van der Waals surface area contributed by atoms with E-state index in [0.717, 1.165) is 6.42 Å². The molecule has 28 heavy (non-hydrogen) atoms. The van der Waals surface area contributed by atoms with Crippen LogP contribution in [0.15, 0.2) is 40.8 Å². The summed E-state index contributed by atoms with van der Waals surface area (Å²) in [6.07, 6.45) is 0.719. The van der Waals surface area contributed by atoms with E-state index in [1.165, 1.54) is 6.07 Å². The molecule has 1 aliphatic heterocycles. The lowest BCUT2D eigenvalue weighted by Crippen LogP contribution is -2.33. The van der Waals surface area contributed by atoms with Crippen molar-refractivity contribution in [1.29, 1.82) is 0 Å². The van der Waals surface area contributed by atoms with Crippen LogP contribution >= 0.6 is 11.6 Å². The van der Waals surface area contributed by atoms with Crippen LogP contribution < -0.4 is 10.2 Å². The van der Waals surface area contributed by atoms with Gasteiger partial charge in [-0.25, -0.2) is 4.39 Å². The predicted octanol–water partition coefficient (Wildman–Crippen LogP) is 4.01. The smallest absolute Gasteiger partial charge is 0.295 e. The van der Waals surface area contributed by atoms with Crippen molar-refractivity contribution in [1.82, 2.24) is 9.88 Å². The minimum absolute atomic E-state index is 0.0259. The largest absolute Gasteiger partial charge is 0.423 e. The number of oxazole rings is 1. The number of carbonyl (C=O) groups excluding carboxylic acids is 1. The van der Waals surface area contributed by atoms with E-state index in [0.29, 0.717) is 40.9 Å². The van der Waals surface area contributed by atoms with Crippen molar-refractivity contribution >= 4 is 40.3 Å². The van der Waals surface area contributed by atoms with E-state index < -0.39 is 5.82 Å². The third-order valence-electron chi connectivity index (χ3n) is 4.84. The highest BCUT2D eigenvalue weighted by Crippen LogP contribution is 2.27. The summed E-state index contributed by atoms with van der Waals surface area (Å²) in [5.74, 6) is -0.820. The number of amides is 1. The summed E-state index contributed by atoms with van der Waals surface area (Å²) in [5, 5.41) is 3.80. The van der Waals surface area contributed by atoms with Crippen molar-refractivity contribution in [3.8, 4) is 0 Å². The topological polar surface area (TPSA) is 61.6 Å². The van der Waals surface area contributed by atoms with Crippen molar-refractivity contribution in [3.05, 3.63) is 52.8 Å². The Kier molecular flexibility index (Phi) is 4.85. The van der Waals surface area contributed by atoms with Crippen LogP contribution in [0.5, 0.6) is 0 Å². The maximum atomic E-state index is 14.4. The first-order valence-corrected chi connectivity index (χ1v) is 9.38. The van der Waals surface area contributed by atoms with Crippen molar-refractivity contribution in [2.24, 2.45) is 0 Å². The number of likely N-dealkylation sites (tertiary alicyclic amines) is 1. The van der Waals surface area contributed by atoms with E-state index >= 15 is 0 Å². The van der Waals surface area contributed by atoms with Crippen LogP contribution in [0.4, 0.5) is 16.1 Å². The lowest BCUT2D eigenvalue weighted by molar-refractivity contribution is 0.0787. The highest BCUT2D eigenvalue weighted by atomic mass is 35.5. The molecule has 1 atom stereocenters. The first-order chi connectivity index (χ1) is 13.4. The van der Waals surface area contributed by atoms with Gasteiger partial charge >= 0.3 is 0 Å². The molecule has 0 radical (unpaired) electrons. The van der Waals surface area contributed by atoms with Crippen LogP contribution in [0.2, 0.25) is 5.02 Å². The molecule has 6 nitrogen and oxygen atoms in total. The molecule has 1 fully saturated rings. The van der Waals surface area contributed by atoms with Crippen molar-refractivity contribution in [2.75, 3.05) is 37.4 Å². The molecule has 0 saturated carbocycles. The number of fused-ring (bicyclic) bond motifs is 1. The molecule has 0 bridgehead atoms. The van der Waals surface area contributed by atoms with E-state index in [2.05, 4.69) is 10.3 Å². The molecule has 3 aromatic rings. The average molecular weight is 403 g/mol. The minimum Gasteiger partial charge on any atom is -0.423 e. The van der Waals surface area contributed by atoms with Crippen molar-refractivity contribution < 1.29 is 13.6 Å². The standard InChI is InChI=1S/C20H20ClFN4O2/c1-25(2)16-5-3-4-14(22)18(16)19(27)26-9-8-13(11-26)23-20-24-15-7-6-12(21)10-17(15)28-20/h3-7,10,13H,8-9,11H2,1-2H3,(H,23,24)/t13-/m1/s1. The Morgan fingerprint density at radius 2 is 2.18 bits per heavy atom. The lowest BCUT2D eigenvalue weighted by atomic mass is 10.1. The summed E-state index contributed by atoms with van der Waals surface area (Å²) < 4.78 is 20.1. The number of hydrogen-bond acceptors (Lipinski definition) is 5. The number of nitrogens with zero attached hydrogens (tertiary/aromatic N) is 3. The Balaban J connectivity index is 1.49. The maximum Gasteiger partial charge on any atom is 0.295 e. The third-order valence-corrected chi connectivity index (χ3v) is 5.08. The van der Waals surface area contributed by atoms with Gasteiger partial charge in [0, 0.05) is 44.3 Å². The Bertz CT molecular complexity index is 1040. The van der Waals surface area contributed by atoms with Gasteiger partial charge in [0.15, 0.2) is 5.58 Å². The van der Waals surface area contributed by atoms with E-state index in [-0.39, 0.29) is 17.5 Å². The fourth-order valence-electron chi connectivity index (χ4n) is 3.45. The van der Waals surface area contributed by atoms with Crippen LogP contribution in [0.3, 0.4) is 0 Å². The Morgan fingerprint density at radius 3 is 2.96 bits per heavy atom. The molecular formula is C20H20ClFN4O2. The fourth-order valence-corrected chi connectivity index (χ4v) is 3.61. The number of nitrogens with one attached hydrogen (secondary N) is 1. The zero-order chi connectivity index (χ0) is 19.8. The maximum absolute atomic E-state index is 14.4. The second kappa shape index (κ2) is 7.31. The van der Waals surface area contributed by atoms with E-state index in [1.807, 2.05) is 0 Å². The van der Waals surface area contributed by atoms with Gasteiger partial charge in [0.1, 0.15) is 11.3 Å². The van der Waals surface area contributed by atoms with Gasteiger partial charge in [-0.3, -0.25) is 4.79 Å². The molecule has 2 heterocycles. The normalized spacial score (nSPS) is 16.6. The second-order valence-electron chi connectivity index (χ2n) is 7.04. The molecule has 1 aliphatic rings. The number of benzene rings is 2. The Hall–Kier alpha value is -2.80. The highest BCUT2D eigenvalue weighted by molar-refractivity contribution is 6.31. The van der Waals surface area contributed by atoms with Gasteiger partial charge in [-0.2, -0.15) is 4.98 Å². The molecule has 0 spiro atoms. The Morgan fingerprint density at radius 1 is 1.36 bits per heavy atom. The Labute approximate surface area is 166 Å². The number of halogens is 2. The minimum atomic E-state index is -0.511. The monoisotopic (exact) mass is 402 g/mol. The summed E-state index contributed by atoms with van der Waals surface area (Å²) in [6.45, 7) is 0.975. The van der Waals surface area contributed by atoms with Gasteiger partial charge < -0.3 is 19.5 Å². The van der Waals surface area contributed by atoms with Crippen LogP contribution in [-0.2, 0) is 0 Å². The quantitative estimate of drug-likeness (QED) is 0.714. The molecule has 4 rings (SSSR count). The van der Waals surface area contributed by atoms with Gasteiger partial charge in [-0.05, 0) is 30.7 Å². The molecule has 0 aliphatic carbocycles. The van der Waals surface area contributed by atoms with Gasteiger partial charge in [-0.1, -0.05) is 17.7 Å². The highest BCUT2D eigenvalue weighted by Gasteiger charge is 2.31. The molecule has 8 heteroatoms. The van der Waals surface area contributed by atoms with Crippen LogP contribution in [0, 0.1) is 5.82 Å². The van der Waals surface area contributed by atoms with Gasteiger partial charge in [-0.15, -0.1) is 0 Å². The lowest BCUT2D eigenvalue weighted by Gasteiger charge is -2.22. The summed E-state index contributed by atoms with van der Waals surface area (Å²) in [7, 11) is 3.58. The number of anilines is 2. The van der Waals surface area contributed by atoms with Gasteiger partial charge in [0.05, 0.1) is 11.3 Å². The molecular weight excluding hydrogens is 383 g/mol. The number of rotatable bonds is 4. The molecule has 1 aromatic heterocycles. The van der Waals surface area contributed by atoms with Crippen LogP contribution in [0.1, 0.15) is 16.8 Å². The molecule has 1 amide bonds. The summed E-state index contributed by atoms with van der Waals surface area (Å²) in [4.78, 5) is 20.7. The zero-order valence-electron chi connectivity index (χ0n) is 15.6. The SMILES string of the molecule is CN(C)c1cccc(F)c1C(=O)N1CC[C@@H](Nc2nc3ccc(Cl)cc3o2)C1. The molecule has 1 saturated heterocycles. The zero-order valence-corrected chi connectivity index (χ0v) is 16.3. The summed E-state index contributed by atoms with van der Waals surface area (Å²) in [5.41, 5.74) is 1.98. The molecule has 2 aromatic carbocycles. The predicted molar refractivity (Wildman–Crippen MR) is 108 cm³/mol. The van der Waals surface area contributed by atoms with Gasteiger partial charge in [0.2, 0.25) is 0 Å². The molecule has 0 unspecified atom stereocenters. The van der Waals surface area contributed by atoms with E-state index in [9.17, 15) is 9.18 Å². The molecule has 146 valence electrons. The van der Waals surface area contributed by atoms with Crippen molar-refractivity contribution in [3.63, 3.8) is 0 Å². The van der Waals surface area contributed by atoms with Gasteiger partial charge in [0.25, 0.3) is 11.9 Å². The van der Waals surface area contributed by atoms with E-state index in [4.69, 9.17) is 16.0 Å². The average Bonchev–Trinajstić information content (AvgIpc) is 3.27.